The average molecular weight is 187 g/mol. The van der Waals surface area contributed by atoms with Gasteiger partial charge in [-0.3, -0.25) is 10.1 Å². The molecule has 4 nitrogen and oxygen atoms in total. The Kier molecular flexibility index (Phi) is 4.62. The van der Waals surface area contributed by atoms with Crippen molar-refractivity contribution in [2.24, 2.45) is 0 Å². The summed E-state index contributed by atoms with van der Waals surface area (Å²) in [6.07, 6.45) is 0.851. The lowest BCUT2D eigenvalue weighted by Gasteiger charge is -2.25. The van der Waals surface area contributed by atoms with Gasteiger partial charge in [0, 0.05) is 12.0 Å². The number of rotatable bonds is 4. The number of carbonyl (C=O) groups excluding carboxylic acids is 2. The lowest BCUT2D eigenvalue weighted by Crippen LogP contribution is -2.48. The second-order valence-electron chi connectivity index (χ2n) is 3.87. The van der Waals surface area contributed by atoms with Gasteiger partial charge in [0.05, 0.1) is 7.11 Å². The average Bonchev–Trinajstić information content (AvgIpc) is 2.00. The van der Waals surface area contributed by atoms with Crippen molar-refractivity contribution in [1.82, 2.24) is 5.32 Å². The van der Waals surface area contributed by atoms with Crippen LogP contribution in [0.25, 0.3) is 0 Å². The number of methoxy groups -OCH3 is 1. The zero-order chi connectivity index (χ0) is 10.5. The molecule has 76 valence electrons. The van der Waals surface area contributed by atoms with Gasteiger partial charge < -0.3 is 9.53 Å². The maximum atomic E-state index is 11.1. The molecule has 0 fully saturated rings. The first-order valence-corrected chi connectivity index (χ1v) is 4.20. The number of esters is 1. The van der Waals surface area contributed by atoms with E-state index in [2.05, 4.69) is 10.1 Å². The molecule has 4 heteroatoms. The van der Waals surface area contributed by atoms with E-state index in [1.54, 1.807) is 0 Å². The van der Waals surface area contributed by atoms with Gasteiger partial charge in [-0.05, 0) is 20.8 Å². The summed E-state index contributed by atoms with van der Waals surface area (Å²) in [6, 6.07) is -0.539. The second kappa shape index (κ2) is 4.97. The number of aldehydes is 1. The van der Waals surface area contributed by atoms with E-state index in [0.29, 0.717) is 6.29 Å². The maximum absolute atomic E-state index is 11.1. The molecular weight excluding hydrogens is 170 g/mol. The molecule has 0 aliphatic heterocycles. The molecule has 0 aromatic rings. The van der Waals surface area contributed by atoms with Gasteiger partial charge in [0.2, 0.25) is 0 Å². The van der Waals surface area contributed by atoms with E-state index in [1.165, 1.54) is 7.11 Å². The monoisotopic (exact) mass is 187 g/mol. The summed E-state index contributed by atoms with van der Waals surface area (Å²) >= 11 is 0. The van der Waals surface area contributed by atoms with Crippen molar-refractivity contribution in [2.45, 2.75) is 38.8 Å². The molecule has 0 bridgehead atoms. The van der Waals surface area contributed by atoms with Crippen molar-refractivity contribution in [1.29, 1.82) is 0 Å². The number of ether oxygens (including phenoxy) is 1. The summed E-state index contributed by atoms with van der Waals surface area (Å²) in [6.45, 7) is 5.77. The molecule has 1 unspecified atom stereocenters. The van der Waals surface area contributed by atoms with E-state index in [-0.39, 0.29) is 12.0 Å². The highest BCUT2D eigenvalue weighted by atomic mass is 16.5. The quantitative estimate of drug-likeness (QED) is 0.514. The van der Waals surface area contributed by atoms with Gasteiger partial charge in [0.25, 0.3) is 0 Å². The van der Waals surface area contributed by atoms with Crippen molar-refractivity contribution in [2.75, 3.05) is 7.11 Å². The van der Waals surface area contributed by atoms with Crippen LogP contribution in [0.15, 0.2) is 0 Å². The Bertz CT molecular complexity index is 184. The van der Waals surface area contributed by atoms with Crippen LogP contribution < -0.4 is 5.32 Å². The SMILES string of the molecule is COC(=O)C(CC=O)NC(C)(C)C. The van der Waals surface area contributed by atoms with E-state index in [4.69, 9.17) is 0 Å². The van der Waals surface area contributed by atoms with Crippen LogP contribution in [0.2, 0.25) is 0 Å². The zero-order valence-electron chi connectivity index (χ0n) is 8.59. The molecule has 0 heterocycles. The normalized spacial score (nSPS) is 13.5. The minimum absolute atomic E-state index is 0.143. The van der Waals surface area contributed by atoms with E-state index >= 15 is 0 Å². The van der Waals surface area contributed by atoms with Crippen LogP contribution in [0.4, 0.5) is 0 Å². The Balaban J connectivity index is 4.25. The molecule has 0 aliphatic carbocycles. The van der Waals surface area contributed by atoms with Gasteiger partial charge in [0.1, 0.15) is 12.3 Å². The fraction of sp³-hybridized carbons (Fsp3) is 0.778. The van der Waals surface area contributed by atoms with Gasteiger partial charge in [0.15, 0.2) is 0 Å². The van der Waals surface area contributed by atoms with Crippen LogP contribution in [0.1, 0.15) is 27.2 Å². The van der Waals surface area contributed by atoms with Crippen LogP contribution in [0.5, 0.6) is 0 Å². The maximum Gasteiger partial charge on any atom is 0.323 e. The lowest BCUT2D eigenvalue weighted by atomic mass is 10.1. The van der Waals surface area contributed by atoms with E-state index in [1.807, 2.05) is 20.8 Å². The first-order chi connectivity index (χ1) is 5.90. The van der Waals surface area contributed by atoms with Crippen molar-refractivity contribution in [3.05, 3.63) is 0 Å². The van der Waals surface area contributed by atoms with Crippen molar-refractivity contribution in [3.63, 3.8) is 0 Å². The van der Waals surface area contributed by atoms with Gasteiger partial charge in [-0.25, -0.2) is 0 Å². The minimum atomic E-state index is -0.539. The summed E-state index contributed by atoms with van der Waals surface area (Å²) in [5.41, 5.74) is -0.206. The van der Waals surface area contributed by atoms with E-state index in [9.17, 15) is 9.59 Å². The smallest absolute Gasteiger partial charge is 0.323 e. The molecule has 13 heavy (non-hydrogen) atoms. The first-order valence-electron chi connectivity index (χ1n) is 4.20. The molecule has 0 radical (unpaired) electrons. The molecule has 0 aromatic heterocycles. The molecule has 0 saturated heterocycles. The number of hydrogen-bond donors (Lipinski definition) is 1. The van der Waals surface area contributed by atoms with Crippen LogP contribution >= 0.6 is 0 Å². The third-order valence-electron chi connectivity index (χ3n) is 1.42. The number of carbonyl (C=O) groups is 2. The predicted molar refractivity (Wildman–Crippen MR) is 49.4 cm³/mol. The van der Waals surface area contributed by atoms with Crippen LogP contribution in [0, 0.1) is 0 Å². The van der Waals surface area contributed by atoms with E-state index < -0.39 is 12.0 Å². The van der Waals surface area contributed by atoms with Crippen LogP contribution in [0.3, 0.4) is 0 Å². The number of hydrogen-bond acceptors (Lipinski definition) is 4. The topological polar surface area (TPSA) is 55.4 Å². The van der Waals surface area contributed by atoms with Crippen molar-refractivity contribution < 1.29 is 14.3 Å². The van der Waals surface area contributed by atoms with Crippen molar-refractivity contribution >= 4 is 12.3 Å². The second-order valence-corrected chi connectivity index (χ2v) is 3.87. The lowest BCUT2D eigenvalue weighted by molar-refractivity contribution is -0.144. The molecule has 1 N–H and O–H groups in total. The third kappa shape index (κ3) is 5.36. The highest BCUT2D eigenvalue weighted by Crippen LogP contribution is 2.04. The van der Waals surface area contributed by atoms with Gasteiger partial charge in [-0.1, -0.05) is 0 Å². The van der Waals surface area contributed by atoms with Crippen LogP contribution in [-0.4, -0.2) is 30.9 Å². The Labute approximate surface area is 78.6 Å². The van der Waals surface area contributed by atoms with Gasteiger partial charge in [-0.15, -0.1) is 0 Å². The molecule has 1 atom stereocenters. The largest absolute Gasteiger partial charge is 0.468 e. The highest BCUT2D eigenvalue weighted by Gasteiger charge is 2.23. The molecule has 0 amide bonds. The van der Waals surface area contributed by atoms with Crippen LogP contribution in [-0.2, 0) is 14.3 Å². The summed E-state index contributed by atoms with van der Waals surface area (Å²) in [5.74, 6) is -0.401. The summed E-state index contributed by atoms with van der Waals surface area (Å²) in [5, 5.41) is 3.00. The summed E-state index contributed by atoms with van der Waals surface area (Å²) in [7, 11) is 1.31. The Morgan fingerprint density at radius 2 is 2.08 bits per heavy atom. The van der Waals surface area contributed by atoms with E-state index in [0.717, 1.165) is 0 Å². The first kappa shape index (κ1) is 12.1. The molecule has 0 aromatic carbocycles. The number of nitrogens with one attached hydrogen (secondary N) is 1. The molecule has 0 spiro atoms. The Morgan fingerprint density at radius 1 is 1.54 bits per heavy atom. The molecular formula is C9H17NO3. The van der Waals surface area contributed by atoms with Gasteiger partial charge in [-0.2, -0.15) is 0 Å². The molecule has 0 rings (SSSR count). The predicted octanol–water partition coefficient (Wildman–Crippen LogP) is 0.505. The Hall–Kier alpha value is -0.900. The summed E-state index contributed by atoms with van der Waals surface area (Å²) < 4.78 is 4.55. The fourth-order valence-corrected chi connectivity index (χ4v) is 0.975. The summed E-state index contributed by atoms with van der Waals surface area (Å²) in [4.78, 5) is 21.4. The van der Waals surface area contributed by atoms with Crippen molar-refractivity contribution in [3.8, 4) is 0 Å². The third-order valence-corrected chi connectivity index (χ3v) is 1.42. The van der Waals surface area contributed by atoms with Gasteiger partial charge >= 0.3 is 5.97 Å². The highest BCUT2D eigenvalue weighted by molar-refractivity contribution is 5.78. The Morgan fingerprint density at radius 3 is 2.38 bits per heavy atom. The zero-order valence-corrected chi connectivity index (χ0v) is 8.59. The standard InChI is InChI=1S/C9H17NO3/c1-9(2,3)10-7(5-6-11)8(12)13-4/h6-7,10H,5H2,1-4H3. The molecule has 0 aliphatic rings. The minimum Gasteiger partial charge on any atom is -0.468 e. The molecule has 0 saturated carbocycles. The fourth-order valence-electron chi connectivity index (χ4n) is 0.975.